The molecule has 0 fully saturated rings. The first-order chi connectivity index (χ1) is 7.31. The zero-order valence-electron chi connectivity index (χ0n) is 8.18. The Morgan fingerprint density at radius 1 is 1.40 bits per heavy atom. The van der Waals surface area contributed by atoms with E-state index < -0.39 is 0 Å². The number of Topliss-reactive ketones (excluding diaryl/α,β-unsaturated/α-hetero) is 1. The SMILES string of the molecule is C=CCC(=O)c1ncc2ccccc2n1. The summed E-state index contributed by atoms with van der Waals surface area (Å²) in [6.45, 7) is 3.51. The van der Waals surface area contributed by atoms with Crippen LogP contribution in [0.4, 0.5) is 0 Å². The van der Waals surface area contributed by atoms with Gasteiger partial charge in [0.1, 0.15) is 0 Å². The molecular weight excluding hydrogens is 188 g/mol. The highest BCUT2D eigenvalue weighted by atomic mass is 16.1. The molecule has 1 aromatic carbocycles. The van der Waals surface area contributed by atoms with Crippen LogP contribution >= 0.6 is 0 Å². The van der Waals surface area contributed by atoms with E-state index in [1.54, 1.807) is 12.3 Å². The monoisotopic (exact) mass is 198 g/mol. The molecule has 1 aromatic heterocycles. The average Bonchev–Trinajstić information content (AvgIpc) is 2.29. The lowest BCUT2D eigenvalue weighted by atomic mass is 10.2. The lowest BCUT2D eigenvalue weighted by Crippen LogP contribution is -2.03. The van der Waals surface area contributed by atoms with Crippen molar-refractivity contribution in [3.05, 3.63) is 48.9 Å². The first-order valence-corrected chi connectivity index (χ1v) is 4.67. The van der Waals surface area contributed by atoms with Crippen molar-refractivity contribution >= 4 is 16.7 Å². The molecule has 0 saturated carbocycles. The lowest BCUT2D eigenvalue weighted by molar-refractivity contribution is 0.0986. The topological polar surface area (TPSA) is 42.9 Å². The predicted molar refractivity (Wildman–Crippen MR) is 58.7 cm³/mol. The third-order valence-electron chi connectivity index (χ3n) is 2.07. The predicted octanol–water partition coefficient (Wildman–Crippen LogP) is 2.39. The Morgan fingerprint density at radius 3 is 3.00 bits per heavy atom. The van der Waals surface area contributed by atoms with Gasteiger partial charge in [-0.3, -0.25) is 4.79 Å². The molecule has 74 valence electrons. The van der Waals surface area contributed by atoms with Crippen LogP contribution in [0.5, 0.6) is 0 Å². The van der Waals surface area contributed by atoms with Gasteiger partial charge in [-0.2, -0.15) is 0 Å². The van der Waals surface area contributed by atoms with Crippen LogP contribution in [0.1, 0.15) is 17.0 Å². The van der Waals surface area contributed by atoms with Crippen molar-refractivity contribution < 1.29 is 4.79 Å². The highest BCUT2D eigenvalue weighted by molar-refractivity contribution is 5.95. The molecule has 0 unspecified atom stereocenters. The molecule has 0 aliphatic carbocycles. The number of rotatable bonds is 3. The zero-order chi connectivity index (χ0) is 10.7. The molecule has 2 aromatic rings. The Kier molecular flexibility index (Phi) is 2.54. The molecule has 0 radical (unpaired) electrons. The summed E-state index contributed by atoms with van der Waals surface area (Å²) in [7, 11) is 0. The minimum Gasteiger partial charge on any atom is -0.290 e. The van der Waals surface area contributed by atoms with Crippen LogP contribution in [0.2, 0.25) is 0 Å². The molecule has 1 heterocycles. The normalized spacial score (nSPS) is 10.1. The van der Waals surface area contributed by atoms with Gasteiger partial charge in [0.2, 0.25) is 5.78 Å². The third kappa shape index (κ3) is 1.91. The van der Waals surface area contributed by atoms with E-state index in [1.807, 2.05) is 24.3 Å². The van der Waals surface area contributed by atoms with E-state index in [4.69, 9.17) is 0 Å². The first-order valence-electron chi connectivity index (χ1n) is 4.67. The second-order valence-corrected chi connectivity index (χ2v) is 3.17. The molecule has 15 heavy (non-hydrogen) atoms. The first kappa shape index (κ1) is 9.52. The van der Waals surface area contributed by atoms with Gasteiger partial charge in [-0.1, -0.05) is 24.3 Å². The van der Waals surface area contributed by atoms with Crippen molar-refractivity contribution in [2.75, 3.05) is 0 Å². The third-order valence-corrected chi connectivity index (χ3v) is 2.07. The summed E-state index contributed by atoms with van der Waals surface area (Å²) in [4.78, 5) is 19.7. The highest BCUT2D eigenvalue weighted by Crippen LogP contribution is 2.10. The van der Waals surface area contributed by atoms with Crippen molar-refractivity contribution in [2.24, 2.45) is 0 Å². The number of carbonyl (C=O) groups is 1. The summed E-state index contributed by atoms with van der Waals surface area (Å²) in [6.07, 6.45) is 3.50. The maximum Gasteiger partial charge on any atom is 0.203 e. The van der Waals surface area contributed by atoms with E-state index in [9.17, 15) is 4.79 Å². The molecule has 3 nitrogen and oxygen atoms in total. The fourth-order valence-electron chi connectivity index (χ4n) is 1.33. The van der Waals surface area contributed by atoms with Crippen molar-refractivity contribution in [1.29, 1.82) is 0 Å². The summed E-state index contributed by atoms with van der Waals surface area (Å²) in [6, 6.07) is 7.58. The maximum atomic E-state index is 11.5. The van der Waals surface area contributed by atoms with Gasteiger partial charge in [-0.25, -0.2) is 9.97 Å². The van der Waals surface area contributed by atoms with E-state index >= 15 is 0 Å². The number of nitrogens with zero attached hydrogens (tertiary/aromatic N) is 2. The highest BCUT2D eigenvalue weighted by Gasteiger charge is 2.07. The Hall–Kier alpha value is -2.03. The van der Waals surface area contributed by atoms with Crippen LogP contribution in [-0.4, -0.2) is 15.8 Å². The van der Waals surface area contributed by atoms with Gasteiger partial charge in [0, 0.05) is 18.0 Å². The Balaban J connectivity index is 2.46. The van der Waals surface area contributed by atoms with Gasteiger partial charge in [0.15, 0.2) is 5.82 Å². The van der Waals surface area contributed by atoms with E-state index in [-0.39, 0.29) is 18.0 Å². The van der Waals surface area contributed by atoms with E-state index in [0.29, 0.717) is 0 Å². The van der Waals surface area contributed by atoms with Gasteiger partial charge < -0.3 is 0 Å². The average molecular weight is 198 g/mol. The van der Waals surface area contributed by atoms with Crippen molar-refractivity contribution in [3.63, 3.8) is 0 Å². The fraction of sp³-hybridized carbons (Fsp3) is 0.0833. The molecule has 0 spiro atoms. The number of fused-ring (bicyclic) bond motifs is 1. The Bertz CT molecular complexity index is 520. The molecule has 0 bridgehead atoms. The summed E-state index contributed by atoms with van der Waals surface area (Å²) in [5.74, 6) is 0.157. The fourth-order valence-corrected chi connectivity index (χ4v) is 1.33. The van der Waals surface area contributed by atoms with Crippen LogP contribution in [0, 0.1) is 0 Å². The molecule has 3 heteroatoms. The second kappa shape index (κ2) is 4.00. The molecule has 2 rings (SSSR count). The number of para-hydroxylation sites is 1. The molecule has 0 aliphatic heterocycles. The van der Waals surface area contributed by atoms with Crippen molar-refractivity contribution in [1.82, 2.24) is 9.97 Å². The second-order valence-electron chi connectivity index (χ2n) is 3.17. The summed E-state index contributed by atoms with van der Waals surface area (Å²) in [5.41, 5.74) is 0.792. The van der Waals surface area contributed by atoms with Crippen LogP contribution < -0.4 is 0 Å². The molecule has 0 saturated heterocycles. The lowest BCUT2D eigenvalue weighted by Gasteiger charge is -1.99. The number of carbonyl (C=O) groups excluding carboxylic acids is 1. The maximum absolute atomic E-state index is 11.5. The van der Waals surface area contributed by atoms with Crippen LogP contribution in [-0.2, 0) is 0 Å². The molecule has 0 N–H and O–H groups in total. The van der Waals surface area contributed by atoms with Gasteiger partial charge in [0.05, 0.1) is 5.52 Å². The van der Waals surface area contributed by atoms with Crippen LogP contribution in [0.25, 0.3) is 10.9 Å². The minimum atomic E-state index is -0.101. The van der Waals surface area contributed by atoms with Gasteiger partial charge >= 0.3 is 0 Å². The number of benzene rings is 1. The van der Waals surface area contributed by atoms with Crippen LogP contribution in [0.3, 0.4) is 0 Å². The quantitative estimate of drug-likeness (QED) is 0.561. The number of aromatic nitrogens is 2. The Morgan fingerprint density at radius 2 is 2.20 bits per heavy atom. The van der Waals surface area contributed by atoms with E-state index in [1.165, 1.54) is 0 Å². The number of ketones is 1. The standard InChI is InChI=1S/C12H10N2O/c1-2-5-11(15)12-13-8-9-6-3-4-7-10(9)14-12/h2-4,6-8H,1,5H2. The molecule has 0 aliphatic rings. The Labute approximate surface area is 87.5 Å². The molecule has 0 amide bonds. The number of hydrogen-bond acceptors (Lipinski definition) is 3. The van der Waals surface area contributed by atoms with Gasteiger partial charge in [0.25, 0.3) is 0 Å². The van der Waals surface area contributed by atoms with Gasteiger partial charge in [-0.15, -0.1) is 6.58 Å². The number of hydrogen-bond donors (Lipinski definition) is 0. The van der Waals surface area contributed by atoms with E-state index in [2.05, 4.69) is 16.5 Å². The zero-order valence-corrected chi connectivity index (χ0v) is 8.18. The van der Waals surface area contributed by atoms with Crippen molar-refractivity contribution in [2.45, 2.75) is 6.42 Å². The molecular formula is C12H10N2O. The van der Waals surface area contributed by atoms with E-state index in [0.717, 1.165) is 10.9 Å². The number of allylic oxidation sites excluding steroid dienone is 1. The largest absolute Gasteiger partial charge is 0.290 e. The summed E-state index contributed by atoms with van der Waals surface area (Å²) >= 11 is 0. The van der Waals surface area contributed by atoms with Gasteiger partial charge in [-0.05, 0) is 6.07 Å². The van der Waals surface area contributed by atoms with Crippen molar-refractivity contribution in [3.8, 4) is 0 Å². The minimum absolute atomic E-state index is 0.101. The smallest absolute Gasteiger partial charge is 0.203 e. The summed E-state index contributed by atoms with van der Waals surface area (Å²) < 4.78 is 0. The van der Waals surface area contributed by atoms with Crippen LogP contribution in [0.15, 0.2) is 43.1 Å². The summed E-state index contributed by atoms with van der Waals surface area (Å²) in [5, 5.41) is 0.938. The molecule has 0 atom stereocenters.